The number of fused-ring (bicyclic) bond motifs is 1. The molecule has 0 aromatic carbocycles. The lowest BCUT2D eigenvalue weighted by molar-refractivity contribution is -0.141. The summed E-state index contributed by atoms with van der Waals surface area (Å²) in [5.74, 6) is 0.142. The second-order valence-electron chi connectivity index (χ2n) is 3.37. The molecule has 0 bridgehead atoms. The van der Waals surface area contributed by atoms with Gasteiger partial charge in [-0.25, -0.2) is 4.98 Å². The Balaban J connectivity index is 2.85. The first-order valence-electron chi connectivity index (χ1n) is 4.67. The van der Waals surface area contributed by atoms with Gasteiger partial charge in [0, 0.05) is 12.3 Å². The van der Waals surface area contributed by atoms with Crippen LogP contribution < -0.4 is 10.3 Å². The molecule has 0 saturated carbocycles. The standard InChI is InChI=1S/C10H6ClF3N2O2/c1-18-5-2-3-16-7(17)4-6(10(12,13)14)15-9(16)8(5)11/h2-4H,1H3. The van der Waals surface area contributed by atoms with Crippen LogP contribution in [0.2, 0.25) is 5.02 Å². The van der Waals surface area contributed by atoms with Crippen LogP contribution in [0.25, 0.3) is 5.65 Å². The van der Waals surface area contributed by atoms with Gasteiger partial charge in [0.1, 0.15) is 10.8 Å². The maximum absolute atomic E-state index is 12.5. The SMILES string of the molecule is COc1ccn2c(=O)cc(C(F)(F)F)nc2c1Cl. The number of pyridine rings is 1. The first-order chi connectivity index (χ1) is 8.34. The van der Waals surface area contributed by atoms with Crippen LogP contribution >= 0.6 is 11.6 Å². The Labute approximate surface area is 104 Å². The lowest BCUT2D eigenvalue weighted by atomic mass is 10.3. The van der Waals surface area contributed by atoms with Gasteiger partial charge in [0.2, 0.25) is 0 Å². The fraction of sp³-hybridized carbons (Fsp3) is 0.200. The van der Waals surface area contributed by atoms with Crippen molar-refractivity contribution in [1.82, 2.24) is 9.38 Å². The van der Waals surface area contributed by atoms with Crippen molar-refractivity contribution in [3.8, 4) is 5.75 Å². The van der Waals surface area contributed by atoms with Gasteiger partial charge < -0.3 is 4.74 Å². The maximum Gasteiger partial charge on any atom is 0.433 e. The molecule has 4 nitrogen and oxygen atoms in total. The van der Waals surface area contributed by atoms with Crippen molar-refractivity contribution in [1.29, 1.82) is 0 Å². The molecule has 2 heterocycles. The number of ether oxygens (including phenoxy) is 1. The van der Waals surface area contributed by atoms with E-state index in [4.69, 9.17) is 16.3 Å². The zero-order valence-electron chi connectivity index (χ0n) is 8.95. The molecule has 0 spiro atoms. The van der Waals surface area contributed by atoms with Gasteiger partial charge >= 0.3 is 6.18 Å². The molecule has 8 heteroatoms. The lowest BCUT2D eigenvalue weighted by Gasteiger charge is -2.10. The van der Waals surface area contributed by atoms with E-state index in [-0.39, 0.29) is 16.4 Å². The summed E-state index contributed by atoms with van der Waals surface area (Å²) in [5.41, 5.74) is -2.45. The first kappa shape index (κ1) is 12.7. The van der Waals surface area contributed by atoms with E-state index in [0.29, 0.717) is 6.07 Å². The number of hydrogen-bond donors (Lipinski definition) is 0. The van der Waals surface area contributed by atoms with E-state index in [1.54, 1.807) is 0 Å². The summed E-state index contributed by atoms with van der Waals surface area (Å²) in [5, 5.41) is -0.150. The molecule has 2 rings (SSSR count). The summed E-state index contributed by atoms with van der Waals surface area (Å²) in [7, 11) is 1.31. The molecule has 0 aliphatic carbocycles. The highest BCUT2D eigenvalue weighted by Gasteiger charge is 2.33. The van der Waals surface area contributed by atoms with Crippen molar-refractivity contribution in [2.75, 3.05) is 7.11 Å². The summed E-state index contributed by atoms with van der Waals surface area (Å²) >= 11 is 5.82. The molecular weight excluding hydrogens is 273 g/mol. The predicted molar refractivity (Wildman–Crippen MR) is 58.0 cm³/mol. The van der Waals surface area contributed by atoms with E-state index >= 15 is 0 Å². The Morgan fingerprint density at radius 3 is 2.67 bits per heavy atom. The Hall–Kier alpha value is -1.76. The second kappa shape index (κ2) is 4.16. The second-order valence-corrected chi connectivity index (χ2v) is 3.75. The van der Waals surface area contributed by atoms with Crippen LogP contribution in [0, 0.1) is 0 Å². The van der Waals surface area contributed by atoms with Crippen LogP contribution in [-0.4, -0.2) is 16.5 Å². The molecule has 0 fully saturated rings. The summed E-state index contributed by atoms with van der Waals surface area (Å²) in [6, 6.07) is 1.78. The summed E-state index contributed by atoms with van der Waals surface area (Å²) < 4.78 is 43.3. The van der Waals surface area contributed by atoms with E-state index in [1.165, 1.54) is 19.4 Å². The Morgan fingerprint density at radius 2 is 2.11 bits per heavy atom. The molecule has 18 heavy (non-hydrogen) atoms. The smallest absolute Gasteiger partial charge is 0.433 e. The van der Waals surface area contributed by atoms with Crippen LogP contribution in [0.4, 0.5) is 13.2 Å². The zero-order valence-corrected chi connectivity index (χ0v) is 9.71. The van der Waals surface area contributed by atoms with Gasteiger partial charge in [-0.3, -0.25) is 9.20 Å². The Morgan fingerprint density at radius 1 is 1.44 bits per heavy atom. The summed E-state index contributed by atoms with van der Waals surface area (Å²) in [6.07, 6.45) is -3.46. The molecule has 0 N–H and O–H groups in total. The Bertz CT molecular complexity index is 666. The first-order valence-corrected chi connectivity index (χ1v) is 5.05. The highest BCUT2D eigenvalue weighted by Crippen LogP contribution is 2.30. The molecule has 96 valence electrons. The molecule has 2 aromatic heterocycles. The molecule has 0 saturated heterocycles. The minimum absolute atomic E-state index is 0.142. The molecule has 0 amide bonds. The van der Waals surface area contributed by atoms with E-state index in [2.05, 4.69) is 4.98 Å². The number of rotatable bonds is 1. The monoisotopic (exact) mass is 278 g/mol. The van der Waals surface area contributed by atoms with Gasteiger partial charge in [-0.15, -0.1) is 0 Å². The predicted octanol–water partition coefficient (Wildman–Crippen LogP) is 2.38. The van der Waals surface area contributed by atoms with E-state index in [0.717, 1.165) is 4.40 Å². The molecule has 0 atom stereocenters. The molecule has 0 aliphatic heterocycles. The van der Waals surface area contributed by atoms with E-state index in [9.17, 15) is 18.0 Å². The van der Waals surface area contributed by atoms with Gasteiger partial charge in [-0.1, -0.05) is 11.6 Å². The van der Waals surface area contributed by atoms with Crippen LogP contribution in [0.3, 0.4) is 0 Å². The largest absolute Gasteiger partial charge is 0.495 e. The van der Waals surface area contributed by atoms with Crippen molar-refractivity contribution in [2.45, 2.75) is 6.18 Å². The van der Waals surface area contributed by atoms with Crippen molar-refractivity contribution in [2.24, 2.45) is 0 Å². The highest BCUT2D eigenvalue weighted by molar-refractivity contribution is 6.34. The van der Waals surface area contributed by atoms with Gasteiger partial charge in [0.05, 0.1) is 7.11 Å². The van der Waals surface area contributed by atoms with Crippen LogP contribution in [-0.2, 0) is 6.18 Å². The lowest BCUT2D eigenvalue weighted by Crippen LogP contribution is -2.20. The van der Waals surface area contributed by atoms with Gasteiger partial charge in [-0.2, -0.15) is 13.2 Å². The third-order valence-electron chi connectivity index (χ3n) is 2.25. The minimum Gasteiger partial charge on any atom is -0.495 e. The summed E-state index contributed by atoms with van der Waals surface area (Å²) in [4.78, 5) is 14.9. The quantitative estimate of drug-likeness (QED) is 0.804. The fourth-order valence-corrected chi connectivity index (χ4v) is 1.69. The van der Waals surface area contributed by atoms with Gasteiger partial charge in [0.25, 0.3) is 5.56 Å². The third-order valence-corrected chi connectivity index (χ3v) is 2.61. The topological polar surface area (TPSA) is 43.6 Å². The number of halogens is 4. The van der Waals surface area contributed by atoms with E-state index < -0.39 is 17.4 Å². The van der Waals surface area contributed by atoms with E-state index in [1.807, 2.05) is 0 Å². The molecule has 0 aliphatic rings. The number of methoxy groups -OCH3 is 1. The number of nitrogens with zero attached hydrogens (tertiary/aromatic N) is 2. The maximum atomic E-state index is 12.5. The molecule has 0 radical (unpaired) electrons. The van der Waals surface area contributed by atoms with Gasteiger partial charge in [0.15, 0.2) is 11.3 Å². The average molecular weight is 279 g/mol. The van der Waals surface area contributed by atoms with Gasteiger partial charge in [-0.05, 0) is 6.07 Å². The third kappa shape index (κ3) is 2.01. The van der Waals surface area contributed by atoms with Crippen molar-refractivity contribution in [3.63, 3.8) is 0 Å². The average Bonchev–Trinajstić information content (AvgIpc) is 2.29. The minimum atomic E-state index is -4.71. The van der Waals surface area contributed by atoms with Crippen LogP contribution in [0.5, 0.6) is 5.75 Å². The molecular formula is C10H6ClF3N2O2. The van der Waals surface area contributed by atoms with Crippen molar-refractivity contribution >= 4 is 17.2 Å². The fourth-order valence-electron chi connectivity index (χ4n) is 1.42. The highest BCUT2D eigenvalue weighted by atomic mass is 35.5. The van der Waals surface area contributed by atoms with Crippen molar-refractivity contribution < 1.29 is 17.9 Å². The Kier molecular flexibility index (Phi) is 2.94. The molecule has 2 aromatic rings. The normalized spacial score (nSPS) is 11.8. The zero-order chi connectivity index (χ0) is 13.5. The summed E-state index contributed by atoms with van der Waals surface area (Å²) in [6.45, 7) is 0. The number of alkyl halides is 3. The molecule has 0 unspecified atom stereocenters. The van der Waals surface area contributed by atoms with Crippen LogP contribution in [0.15, 0.2) is 23.1 Å². The van der Waals surface area contributed by atoms with Crippen molar-refractivity contribution in [3.05, 3.63) is 39.4 Å². The van der Waals surface area contributed by atoms with Crippen LogP contribution in [0.1, 0.15) is 5.69 Å². The number of hydrogen-bond acceptors (Lipinski definition) is 3. The number of aromatic nitrogens is 2.